The van der Waals surface area contributed by atoms with Crippen LogP contribution >= 0.6 is 0 Å². The molecule has 0 spiro atoms. The average Bonchev–Trinajstić information content (AvgIpc) is 2.90. The number of carbonyl (C=O) groups excluding carboxylic acids is 1. The van der Waals surface area contributed by atoms with Crippen LogP contribution in [0.5, 0.6) is 0 Å². The fraction of sp³-hybridized carbons (Fsp3) is 0.611. The van der Waals surface area contributed by atoms with Gasteiger partial charge in [0, 0.05) is 24.8 Å². The first kappa shape index (κ1) is 17.4. The second kappa shape index (κ2) is 6.84. The Bertz CT molecular complexity index is 717. The predicted molar refractivity (Wildman–Crippen MR) is 95.5 cm³/mol. The number of benzene rings is 1. The molecule has 1 fully saturated rings. The lowest BCUT2D eigenvalue weighted by Gasteiger charge is -2.34. The molecule has 0 unspecified atom stereocenters. The summed E-state index contributed by atoms with van der Waals surface area (Å²) < 4.78 is 26.2. The predicted octanol–water partition coefficient (Wildman–Crippen LogP) is 2.42. The number of carbonyl (C=O) groups is 1. The number of amides is 1. The summed E-state index contributed by atoms with van der Waals surface area (Å²) in [6.07, 6.45) is 2.99. The minimum Gasteiger partial charge on any atom is -0.309 e. The van der Waals surface area contributed by atoms with Crippen LogP contribution in [-0.2, 0) is 21.2 Å². The largest absolute Gasteiger partial charge is 0.309 e. The molecule has 2 atom stereocenters. The lowest BCUT2D eigenvalue weighted by Crippen LogP contribution is -2.48. The van der Waals surface area contributed by atoms with Gasteiger partial charge in [-0.2, -0.15) is 0 Å². The van der Waals surface area contributed by atoms with E-state index in [2.05, 4.69) is 13.0 Å². The third-order valence-corrected chi connectivity index (χ3v) is 7.08. The summed E-state index contributed by atoms with van der Waals surface area (Å²) in [5.41, 5.74) is 2.19. The summed E-state index contributed by atoms with van der Waals surface area (Å²) in [6.45, 7) is 4.80. The van der Waals surface area contributed by atoms with Gasteiger partial charge in [-0.25, -0.2) is 12.7 Å². The number of para-hydroxylation sites is 1. The number of sulfonamides is 1. The highest BCUT2D eigenvalue weighted by molar-refractivity contribution is 7.89. The van der Waals surface area contributed by atoms with E-state index in [1.165, 1.54) is 9.87 Å². The van der Waals surface area contributed by atoms with Gasteiger partial charge in [-0.05, 0) is 44.2 Å². The van der Waals surface area contributed by atoms with E-state index in [1.807, 2.05) is 30.0 Å². The first-order chi connectivity index (χ1) is 11.4. The van der Waals surface area contributed by atoms with Crippen LogP contribution in [0.2, 0.25) is 0 Å². The SMILES string of the molecule is CCCS(=O)(=O)N1CCC[C@H](C(=O)N2c3ccccc3C[C@@H]2C)C1. The van der Waals surface area contributed by atoms with Crippen molar-refractivity contribution in [3.63, 3.8) is 0 Å². The van der Waals surface area contributed by atoms with Gasteiger partial charge < -0.3 is 4.90 Å². The third kappa shape index (κ3) is 3.22. The van der Waals surface area contributed by atoms with Crippen LogP contribution in [0.4, 0.5) is 5.69 Å². The van der Waals surface area contributed by atoms with Crippen LogP contribution in [0.3, 0.4) is 0 Å². The van der Waals surface area contributed by atoms with E-state index < -0.39 is 10.0 Å². The Morgan fingerprint density at radius 3 is 2.79 bits per heavy atom. The standard InChI is InChI=1S/C18H26N2O3S/c1-3-11-24(22,23)19-10-6-8-16(13-19)18(21)20-14(2)12-15-7-4-5-9-17(15)20/h4-5,7,9,14,16H,3,6,8,10-13H2,1-2H3/t14-,16-/m0/s1. The van der Waals surface area contributed by atoms with Crippen LogP contribution in [0, 0.1) is 5.92 Å². The van der Waals surface area contributed by atoms with Gasteiger partial charge in [0.1, 0.15) is 0 Å². The molecule has 1 saturated heterocycles. The molecule has 132 valence electrons. The van der Waals surface area contributed by atoms with Gasteiger partial charge in [0.25, 0.3) is 0 Å². The zero-order valence-corrected chi connectivity index (χ0v) is 15.3. The van der Waals surface area contributed by atoms with Crippen molar-refractivity contribution in [2.75, 3.05) is 23.7 Å². The molecule has 0 bridgehead atoms. The van der Waals surface area contributed by atoms with Crippen LogP contribution in [0.1, 0.15) is 38.7 Å². The molecule has 2 aliphatic rings. The summed E-state index contributed by atoms with van der Waals surface area (Å²) in [5.74, 6) is -0.000488. The van der Waals surface area contributed by atoms with Gasteiger partial charge in [0.2, 0.25) is 15.9 Å². The first-order valence-electron chi connectivity index (χ1n) is 8.83. The maximum atomic E-state index is 13.1. The summed E-state index contributed by atoms with van der Waals surface area (Å²) in [6, 6.07) is 8.15. The molecule has 3 rings (SSSR count). The molecule has 24 heavy (non-hydrogen) atoms. The molecule has 2 aliphatic heterocycles. The molecule has 0 N–H and O–H groups in total. The van der Waals surface area contributed by atoms with E-state index in [9.17, 15) is 13.2 Å². The normalized spacial score (nSPS) is 24.8. The minimum atomic E-state index is -3.23. The zero-order chi connectivity index (χ0) is 17.3. The van der Waals surface area contributed by atoms with Gasteiger partial charge in [0.05, 0.1) is 11.7 Å². The monoisotopic (exact) mass is 350 g/mol. The second-order valence-electron chi connectivity index (χ2n) is 6.90. The van der Waals surface area contributed by atoms with Crippen LogP contribution in [0.15, 0.2) is 24.3 Å². The van der Waals surface area contributed by atoms with E-state index in [0.717, 1.165) is 24.9 Å². The van der Waals surface area contributed by atoms with Crippen molar-refractivity contribution in [2.45, 2.75) is 45.6 Å². The molecule has 1 aromatic carbocycles. The Labute approximate surface area is 144 Å². The van der Waals surface area contributed by atoms with E-state index in [4.69, 9.17) is 0 Å². The number of piperidine rings is 1. The molecule has 0 aliphatic carbocycles. The maximum absolute atomic E-state index is 13.1. The fourth-order valence-electron chi connectivity index (χ4n) is 3.88. The summed E-state index contributed by atoms with van der Waals surface area (Å²) in [5, 5.41) is 0. The zero-order valence-electron chi connectivity index (χ0n) is 14.4. The third-order valence-electron chi connectivity index (χ3n) is 5.03. The number of hydrogen-bond donors (Lipinski definition) is 0. The number of hydrogen-bond acceptors (Lipinski definition) is 3. The van der Waals surface area contributed by atoms with Gasteiger partial charge in [-0.3, -0.25) is 4.79 Å². The lowest BCUT2D eigenvalue weighted by atomic mass is 9.97. The van der Waals surface area contributed by atoms with Gasteiger partial charge in [0.15, 0.2) is 0 Å². The smallest absolute Gasteiger partial charge is 0.231 e. The first-order valence-corrected chi connectivity index (χ1v) is 10.4. The molecule has 0 aromatic heterocycles. The van der Waals surface area contributed by atoms with Crippen LogP contribution in [-0.4, -0.2) is 43.5 Å². The molecule has 6 heteroatoms. The van der Waals surface area contributed by atoms with Gasteiger partial charge in [-0.1, -0.05) is 25.1 Å². The highest BCUT2D eigenvalue weighted by Crippen LogP contribution is 2.34. The average molecular weight is 350 g/mol. The topological polar surface area (TPSA) is 57.7 Å². The molecule has 0 saturated carbocycles. The Morgan fingerprint density at radius 1 is 1.29 bits per heavy atom. The molecule has 1 aromatic rings. The highest BCUT2D eigenvalue weighted by atomic mass is 32.2. The number of fused-ring (bicyclic) bond motifs is 1. The number of rotatable bonds is 4. The molecule has 2 heterocycles. The Kier molecular flexibility index (Phi) is 4.97. The van der Waals surface area contributed by atoms with Crippen molar-refractivity contribution in [2.24, 2.45) is 5.92 Å². The summed E-state index contributed by atoms with van der Waals surface area (Å²) in [7, 11) is -3.23. The molecule has 0 radical (unpaired) electrons. The summed E-state index contributed by atoms with van der Waals surface area (Å²) >= 11 is 0. The Morgan fingerprint density at radius 2 is 2.04 bits per heavy atom. The highest BCUT2D eigenvalue weighted by Gasteiger charge is 2.38. The van der Waals surface area contributed by atoms with Crippen molar-refractivity contribution in [3.05, 3.63) is 29.8 Å². The van der Waals surface area contributed by atoms with Crippen LogP contribution < -0.4 is 4.90 Å². The van der Waals surface area contributed by atoms with Crippen molar-refractivity contribution in [1.82, 2.24) is 4.31 Å². The summed E-state index contributed by atoms with van der Waals surface area (Å²) in [4.78, 5) is 15.0. The fourth-order valence-corrected chi connectivity index (χ4v) is 5.47. The van der Waals surface area contributed by atoms with E-state index in [1.54, 1.807) is 0 Å². The van der Waals surface area contributed by atoms with Crippen LogP contribution in [0.25, 0.3) is 0 Å². The van der Waals surface area contributed by atoms with E-state index >= 15 is 0 Å². The van der Waals surface area contributed by atoms with E-state index in [-0.39, 0.29) is 23.6 Å². The quantitative estimate of drug-likeness (QED) is 0.838. The van der Waals surface area contributed by atoms with Crippen molar-refractivity contribution in [1.29, 1.82) is 0 Å². The van der Waals surface area contributed by atoms with Crippen molar-refractivity contribution >= 4 is 21.6 Å². The second-order valence-corrected chi connectivity index (χ2v) is 8.99. The van der Waals surface area contributed by atoms with Crippen molar-refractivity contribution < 1.29 is 13.2 Å². The molecular weight excluding hydrogens is 324 g/mol. The molecule has 1 amide bonds. The molecular formula is C18H26N2O3S. The van der Waals surface area contributed by atoms with Crippen molar-refractivity contribution in [3.8, 4) is 0 Å². The number of nitrogens with zero attached hydrogens (tertiary/aromatic N) is 2. The van der Waals surface area contributed by atoms with Gasteiger partial charge in [-0.15, -0.1) is 0 Å². The lowest BCUT2D eigenvalue weighted by molar-refractivity contribution is -0.123. The molecule has 5 nitrogen and oxygen atoms in total. The van der Waals surface area contributed by atoms with Gasteiger partial charge >= 0.3 is 0 Å². The maximum Gasteiger partial charge on any atom is 0.231 e. The number of anilines is 1. The van der Waals surface area contributed by atoms with E-state index in [0.29, 0.717) is 19.5 Å². The Balaban J connectivity index is 1.78. The minimum absolute atomic E-state index is 0.0730. The Hall–Kier alpha value is -1.40.